The van der Waals surface area contributed by atoms with Crippen LogP contribution in [0, 0.1) is 5.92 Å². The number of benzene rings is 3. The first-order valence-corrected chi connectivity index (χ1v) is 13.2. The number of para-hydroxylation sites is 3. The zero-order valence-corrected chi connectivity index (χ0v) is 21.7. The fourth-order valence-electron chi connectivity index (χ4n) is 5.06. The van der Waals surface area contributed by atoms with Gasteiger partial charge in [0.15, 0.2) is 0 Å². The molecule has 180 valence electrons. The zero-order valence-electron chi connectivity index (χ0n) is 20.1. The van der Waals surface area contributed by atoms with E-state index in [0.717, 1.165) is 71.5 Å². The summed E-state index contributed by atoms with van der Waals surface area (Å²) in [6.07, 6.45) is 3.95. The summed E-state index contributed by atoms with van der Waals surface area (Å²) >= 11 is 3.61. The summed E-state index contributed by atoms with van der Waals surface area (Å²) in [7, 11) is 0. The second kappa shape index (κ2) is 10.8. The van der Waals surface area contributed by atoms with E-state index in [4.69, 9.17) is 4.98 Å². The highest BCUT2D eigenvalue weighted by molar-refractivity contribution is 9.10. The molecular weight excluding hydrogens is 500 g/mol. The van der Waals surface area contributed by atoms with Crippen molar-refractivity contribution in [3.63, 3.8) is 0 Å². The highest BCUT2D eigenvalue weighted by atomic mass is 79.9. The summed E-state index contributed by atoms with van der Waals surface area (Å²) in [5.41, 5.74) is 5.33. The Hall–Kier alpha value is -2.96. The van der Waals surface area contributed by atoms with Crippen LogP contribution in [0.3, 0.4) is 0 Å². The first-order chi connectivity index (χ1) is 17.1. The lowest BCUT2D eigenvalue weighted by molar-refractivity contribution is -0.121. The van der Waals surface area contributed by atoms with Crippen molar-refractivity contribution in [1.29, 1.82) is 0 Å². The van der Waals surface area contributed by atoms with Gasteiger partial charge in [0.25, 0.3) is 0 Å². The highest BCUT2D eigenvalue weighted by Gasteiger charge is 2.27. The third-order valence-electron chi connectivity index (χ3n) is 6.73. The first kappa shape index (κ1) is 23.8. The lowest BCUT2D eigenvalue weighted by Crippen LogP contribution is -2.40. The molecule has 2 heterocycles. The fraction of sp³-hybridized carbons (Fsp3) is 0.310. The number of halogens is 1. The Balaban J connectivity index is 1.36. The van der Waals surface area contributed by atoms with Crippen molar-refractivity contribution in [3.8, 4) is 5.69 Å². The minimum Gasteiger partial charge on any atom is -0.326 e. The Bertz CT molecular complexity index is 1330. The van der Waals surface area contributed by atoms with E-state index in [1.54, 1.807) is 0 Å². The highest BCUT2D eigenvalue weighted by Crippen LogP contribution is 2.27. The largest absolute Gasteiger partial charge is 0.326 e. The number of hydrogen-bond acceptors (Lipinski definition) is 3. The summed E-state index contributed by atoms with van der Waals surface area (Å²) in [4.78, 5) is 20.6. The van der Waals surface area contributed by atoms with Crippen molar-refractivity contribution in [3.05, 3.63) is 88.7 Å². The van der Waals surface area contributed by atoms with Gasteiger partial charge < -0.3 is 5.32 Å². The molecule has 6 heteroatoms. The molecular formula is C29H31BrN4O. The zero-order chi connectivity index (χ0) is 24.2. The van der Waals surface area contributed by atoms with E-state index in [0.29, 0.717) is 6.54 Å². The maximum absolute atomic E-state index is 13.2. The molecule has 0 aliphatic carbocycles. The van der Waals surface area contributed by atoms with E-state index in [1.807, 2.05) is 30.3 Å². The van der Waals surface area contributed by atoms with Crippen LogP contribution in [0.15, 0.2) is 77.3 Å². The topological polar surface area (TPSA) is 50.2 Å². The normalized spacial score (nSPS) is 16.5. The van der Waals surface area contributed by atoms with E-state index in [-0.39, 0.29) is 11.8 Å². The number of anilines is 1. The molecule has 3 aromatic carbocycles. The molecule has 1 fully saturated rings. The van der Waals surface area contributed by atoms with Crippen molar-refractivity contribution < 1.29 is 4.79 Å². The number of likely N-dealkylation sites (tertiary alicyclic amines) is 1. The van der Waals surface area contributed by atoms with Gasteiger partial charge in [0.2, 0.25) is 5.91 Å². The third-order valence-corrected chi connectivity index (χ3v) is 7.23. The first-order valence-electron chi connectivity index (χ1n) is 12.5. The number of aryl methyl sites for hydroxylation is 1. The molecule has 0 unspecified atom stereocenters. The van der Waals surface area contributed by atoms with Crippen LogP contribution in [0.25, 0.3) is 16.7 Å². The standard InChI is InChI=1S/C29H31BrN4O/c1-2-9-21-10-3-4-14-25(21)32-29(35)22-11-8-17-33(19-22)20-28-31-26-15-5-6-16-27(26)34(28)24-13-7-12-23(30)18-24/h3-7,10,12-16,18,22H,2,8-9,11,17,19-20H2,1H3,(H,32,35)/t22-/m1/s1. The molecule has 1 saturated heterocycles. The Morgan fingerprint density at radius 3 is 2.77 bits per heavy atom. The Kier molecular flexibility index (Phi) is 7.30. The monoisotopic (exact) mass is 530 g/mol. The molecule has 1 N–H and O–H groups in total. The summed E-state index contributed by atoms with van der Waals surface area (Å²) in [6, 6.07) is 24.8. The lowest BCUT2D eigenvalue weighted by Gasteiger charge is -2.32. The number of rotatable bonds is 7. The smallest absolute Gasteiger partial charge is 0.228 e. The Morgan fingerprint density at radius 1 is 1.09 bits per heavy atom. The van der Waals surface area contributed by atoms with Gasteiger partial charge in [0, 0.05) is 22.4 Å². The number of nitrogens with one attached hydrogen (secondary N) is 1. The molecule has 35 heavy (non-hydrogen) atoms. The maximum Gasteiger partial charge on any atom is 0.228 e. The molecule has 1 aliphatic rings. The van der Waals surface area contributed by atoms with Crippen LogP contribution >= 0.6 is 15.9 Å². The number of nitrogens with zero attached hydrogens (tertiary/aromatic N) is 3. The van der Waals surface area contributed by atoms with Gasteiger partial charge >= 0.3 is 0 Å². The van der Waals surface area contributed by atoms with Gasteiger partial charge in [-0.05, 0) is 67.8 Å². The minimum absolute atomic E-state index is 0.0258. The number of hydrogen-bond donors (Lipinski definition) is 1. The van der Waals surface area contributed by atoms with E-state index in [2.05, 4.69) is 80.1 Å². The second-order valence-electron chi connectivity index (χ2n) is 9.30. The quantitative estimate of drug-likeness (QED) is 0.293. The second-order valence-corrected chi connectivity index (χ2v) is 10.2. The number of imidazole rings is 1. The van der Waals surface area contributed by atoms with Crippen LogP contribution < -0.4 is 5.32 Å². The Labute approximate surface area is 215 Å². The predicted molar refractivity (Wildman–Crippen MR) is 146 cm³/mol. The lowest BCUT2D eigenvalue weighted by atomic mass is 9.96. The molecule has 1 aromatic heterocycles. The summed E-state index contributed by atoms with van der Waals surface area (Å²) in [5.74, 6) is 1.10. The van der Waals surface area contributed by atoms with Gasteiger partial charge in [-0.1, -0.05) is 65.7 Å². The predicted octanol–water partition coefficient (Wildman–Crippen LogP) is 6.59. The Morgan fingerprint density at radius 2 is 1.91 bits per heavy atom. The van der Waals surface area contributed by atoms with E-state index in [9.17, 15) is 4.79 Å². The fourth-order valence-corrected chi connectivity index (χ4v) is 5.45. The summed E-state index contributed by atoms with van der Waals surface area (Å²) in [5, 5.41) is 3.22. The number of piperidine rings is 1. The molecule has 0 saturated carbocycles. The van der Waals surface area contributed by atoms with Crippen molar-refractivity contribution in [2.75, 3.05) is 18.4 Å². The van der Waals surface area contributed by atoms with Crippen molar-refractivity contribution in [2.24, 2.45) is 5.92 Å². The van der Waals surface area contributed by atoms with Crippen molar-refractivity contribution >= 4 is 38.6 Å². The van der Waals surface area contributed by atoms with Crippen LogP contribution in [0.2, 0.25) is 0 Å². The van der Waals surface area contributed by atoms with Gasteiger partial charge in [0.1, 0.15) is 5.82 Å². The minimum atomic E-state index is -0.0258. The van der Waals surface area contributed by atoms with Crippen molar-refractivity contribution in [2.45, 2.75) is 39.2 Å². The molecule has 1 amide bonds. The molecule has 1 atom stereocenters. The maximum atomic E-state index is 13.2. The van der Waals surface area contributed by atoms with Crippen molar-refractivity contribution in [1.82, 2.24) is 14.5 Å². The van der Waals surface area contributed by atoms with Gasteiger partial charge in [-0.3, -0.25) is 14.3 Å². The number of aromatic nitrogens is 2. The van der Waals surface area contributed by atoms with Crippen LogP contribution in [0.1, 0.15) is 37.6 Å². The number of carbonyl (C=O) groups excluding carboxylic acids is 1. The number of amides is 1. The number of fused-ring (bicyclic) bond motifs is 1. The third kappa shape index (κ3) is 5.34. The van der Waals surface area contributed by atoms with Crippen LogP contribution in [-0.4, -0.2) is 33.4 Å². The van der Waals surface area contributed by atoms with E-state index < -0.39 is 0 Å². The average Bonchev–Trinajstić information content (AvgIpc) is 3.23. The molecule has 0 radical (unpaired) electrons. The van der Waals surface area contributed by atoms with E-state index >= 15 is 0 Å². The van der Waals surface area contributed by atoms with Gasteiger partial charge in [-0.25, -0.2) is 4.98 Å². The number of carbonyl (C=O) groups is 1. The van der Waals surface area contributed by atoms with Crippen LogP contribution in [-0.2, 0) is 17.8 Å². The van der Waals surface area contributed by atoms with E-state index in [1.165, 1.54) is 5.56 Å². The molecule has 4 aromatic rings. The van der Waals surface area contributed by atoms with Gasteiger partial charge in [-0.15, -0.1) is 0 Å². The average molecular weight is 531 g/mol. The summed E-state index contributed by atoms with van der Waals surface area (Å²) < 4.78 is 3.28. The molecule has 0 bridgehead atoms. The molecule has 1 aliphatic heterocycles. The van der Waals surface area contributed by atoms with Gasteiger partial charge in [0.05, 0.1) is 23.5 Å². The van der Waals surface area contributed by atoms with Gasteiger partial charge in [-0.2, -0.15) is 0 Å². The molecule has 5 rings (SSSR count). The van der Waals surface area contributed by atoms with Crippen LogP contribution in [0.5, 0.6) is 0 Å². The summed E-state index contributed by atoms with van der Waals surface area (Å²) in [6.45, 7) is 4.58. The SMILES string of the molecule is CCCc1ccccc1NC(=O)[C@@H]1CCCN(Cc2nc3ccccc3n2-c2cccc(Br)c2)C1. The molecule has 5 nitrogen and oxygen atoms in total. The van der Waals surface area contributed by atoms with Crippen LogP contribution in [0.4, 0.5) is 5.69 Å². The molecule has 0 spiro atoms.